The molecule has 1 fully saturated rings. The minimum absolute atomic E-state index is 0.0256. The highest BCUT2D eigenvalue weighted by Crippen LogP contribution is 2.31. The molecular weight excluding hydrogens is 272 g/mol. The molecule has 1 aliphatic heterocycles. The Balaban J connectivity index is 2.30. The molecule has 1 saturated heterocycles. The van der Waals surface area contributed by atoms with Gasteiger partial charge >= 0.3 is 5.63 Å². The molecule has 1 aliphatic rings. The fourth-order valence-corrected chi connectivity index (χ4v) is 2.51. The summed E-state index contributed by atoms with van der Waals surface area (Å²) in [7, 11) is 1.57. The average molecular weight is 286 g/mol. The van der Waals surface area contributed by atoms with E-state index >= 15 is 0 Å². The van der Waals surface area contributed by atoms with Gasteiger partial charge in [-0.05, 0) is 18.2 Å². The van der Waals surface area contributed by atoms with Crippen LogP contribution in [-0.2, 0) is 4.74 Å². The minimum atomic E-state index is -0.614. The maximum absolute atomic E-state index is 12.0. The third-order valence-corrected chi connectivity index (χ3v) is 3.52. The van der Waals surface area contributed by atoms with Gasteiger partial charge in [-0.25, -0.2) is 4.79 Å². The predicted octanol–water partition coefficient (Wildman–Crippen LogP) is 1.51. The van der Waals surface area contributed by atoms with Crippen molar-refractivity contribution >= 4 is 16.7 Å². The Morgan fingerprint density at radius 3 is 2.76 bits per heavy atom. The number of nitriles is 1. The molecule has 0 saturated carbocycles. The molecule has 108 valence electrons. The van der Waals surface area contributed by atoms with Gasteiger partial charge in [0.25, 0.3) is 0 Å². The molecule has 3 rings (SSSR count). The number of fused-ring (bicyclic) bond motifs is 1. The third kappa shape index (κ3) is 2.32. The fourth-order valence-electron chi connectivity index (χ4n) is 2.51. The van der Waals surface area contributed by atoms with Crippen molar-refractivity contribution in [2.75, 3.05) is 38.3 Å². The summed E-state index contributed by atoms with van der Waals surface area (Å²) in [6.45, 7) is 2.39. The number of rotatable bonds is 2. The topological polar surface area (TPSA) is 75.7 Å². The summed E-state index contributed by atoms with van der Waals surface area (Å²) in [5.41, 5.74) is 0.460. The summed E-state index contributed by atoms with van der Waals surface area (Å²) in [5, 5.41) is 10.0. The molecule has 2 aromatic rings. The van der Waals surface area contributed by atoms with Gasteiger partial charge in [-0.15, -0.1) is 0 Å². The molecule has 1 aromatic carbocycles. The van der Waals surface area contributed by atoms with Crippen LogP contribution in [0.3, 0.4) is 0 Å². The zero-order chi connectivity index (χ0) is 14.8. The molecule has 21 heavy (non-hydrogen) atoms. The second-order valence-corrected chi connectivity index (χ2v) is 4.69. The van der Waals surface area contributed by atoms with Crippen LogP contribution in [0.25, 0.3) is 11.0 Å². The third-order valence-electron chi connectivity index (χ3n) is 3.52. The van der Waals surface area contributed by atoms with E-state index in [-0.39, 0.29) is 5.56 Å². The largest absolute Gasteiger partial charge is 0.497 e. The smallest absolute Gasteiger partial charge is 0.356 e. The van der Waals surface area contributed by atoms with Crippen LogP contribution in [0.15, 0.2) is 27.4 Å². The van der Waals surface area contributed by atoms with Gasteiger partial charge in [0.1, 0.15) is 17.4 Å². The molecule has 0 N–H and O–H groups in total. The monoisotopic (exact) mass is 286 g/mol. The molecular formula is C15H14N2O4. The van der Waals surface area contributed by atoms with E-state index in [0.717, 1.165) is 0 Å². The van der Waals surface area contributed by atoms with Crippen LogP contribution in [0.2, 0.25) is 0 Å². The fraction of sp³-hybridized carbons (Fsp3) is 0.333. The van der Waals surface area contributed by atoms with E-state index in [2.05, 4.69) is 0 Å². The van der Waals surface area contributed by atoms with Crippen molar-refractivity contribution in [2.24, 2.45) is 0 Å². The predicted molar refractivity (Wildman–Crippen MR) is 76.8 cm³/mol. The lowest BCUT2D eigenvalue weighted by Crippen LogP contribution is -2.37. The summed E-state index contributed by atoms with van der Waals surface area (Å²) in [6.07, 6.45) is 0. The van der Waals surface area contributed by atoms with E-state index < -0.39 is 5.63 Å². The van der Waals surface area contributed by atoms with E-state index in [0.29, 0.717) is 48.7 Å². The second kappa shape index (κ2) is 5.46. The molecule has 0 spiro atoms. The van der Waals surface area contributed by atoms with Gasteiger partial charge < -0.3 is 18.8 Å². The normalized spacial score (nSPS) is 15.0. The van der Waals surface area contributed by atoms with Crippen LogP contribution in [0, 0.1) is 11.3 Å². The quantitative estimate of drug-likeness (QED) is 0.779. The van der Waals surface area contributed by atoms with E-state index in [4.69, 9.17) is 13.9 Å². The van der Waals surface area contributed by atoms with Crippen molar-refractivity contribution in [1.29, 1.82) is 5.26 Å². The zero-order valence-corrected chi connectivity index (χ0v) is 11.6. The zero-order valence-electron chi connectivity index (χ0n) is 11.6. The summed E-state index contributed by atoms with van der Waals surface area (Å²) >= 11 is 0. The molecule has 0 bridgehead atoms. The molecule has 6 heteroatoms. The first-order valence-electron chi connectivity index (χ1n) is 6.62. The Labute approximate surface area is 121 Å². The lowest BCUT2D eigenvalue weighted by atomic mass is 10.1. The molecule has 0 atom stereocenters. The van der Waals surface area contributed by atoms with Gasteiger partial charge in [-0.1, -0.05) is 0 Å². The van der Waals surface area contributed by atoms with Crippen LogP contribution in [-0.4, -0.2) is 33.4 Å². The molecule has 6 nitrogen and oxygen atoms in total. The van der Waals surface area contributed by atoms with Crippen molar-refractivity contribution in [1.82, 2.24) is 0 Å². The first-order valence-corrected chi connectivity index (χ1v) is 6.62. The number of nitrogens with zero attached hydrogens (tertiary/aromatic N) is 2. The van der Waals surface area contributed by atoms with Crippen LogP contribution < -0.4 is 15.3 Å². The van der Waals surface area contributed by atoms with E-state index in [1.165, 1.54) is 0 Å². The van der Waals surface area contributed by atoms with Crippen LogP contribution >= 0.6 is 0 Å². The van der Waals surface area contributed by atoms with Gasteiger partial charge in [-0.2, -0.15) is 5.26 Å². The molecule has 0 unspecified atom stereocenters. The highest BCUT2D eigenvalue weighted by molar-refractivity contribution is 5.94. The lowest BCUT2D eigenvalue weighted by Gasteiger charge is -2.30. The second-order valence-electron chi connectivity index (χ2n) is 4.69. The van der Waals surface area contributed by atoms with Gasteiger partial charge in [-0.3, -0.25) is 0 Å². The molecule has 0 aliphatic carbocycles. The minimum Gasteiger partial charge on any atom is -0.497 e. The summed E-state index contributed by atoms with van der Waals surface area (Å²) in [6, 6.07) is 7.15. The number of anilines is 1. The average Bonchev–Trinajstić information content (AvgIpc) is 2.54. The number of hydrogen-bond acceptors (Lipinski definition) is 6. The summed E-state index contributed by atoms with van der Waals surface area (Å²) < 4.78 is 15.8. The molecule has 2 heterocycles. The summed E-state index contributed by atoms with van der Waals surface area (Å²) in [5.74, 6) is 0.648. The van der Waals surface area contributed by atoms with Crippen LogP contribution in [0.4, 0.5) is 5.69 Å². The van der Waals surface area contributed by atoms with Crippen LogP contribution in [0.1, 0.15) is 5.56 Å². The number of ether oxygens (including phenoxy) is 2. The Hall–Kier alpha value is -2.52. The van der Waals surface area contributed by atoms with Crippen molar-refractivity contribution < 1.29 is 13.9 Å². The van der Waals surface area contributed by atoms with E-state index in [1.54, 1.807) is 25.3 Å². The maximum Gasteiger partial charge on any atom is 0.356 e. The Kier molecular flexibility index (Phi) is 3.50. The highest BCUT2D eigenvalue weighted by atomic mass is 16.5. The van der Waals surface area contributed by atoms with Gasteiger partial charge in [0, 0.05) is 18.5 Å². The Morgan fingerprint density at radius 2 is 2.10 bits per heavy atom. The first kappa shape index (κ1) is 13.5. The SMILES string of the molecule is COc1ccc2oc(=O)c(C#N)c(N3CCOCC3)c2c1. The van der Waals surface area contributed by atoms with Gasteiger partial charge in [0.15, 0.2) is 5.56 Å². The number of morpholine rings is 1. The number of benzene rings is 1. The van der Waals surface area contributed by atoms with Crippen molar-refractivity contribution in [3.63, 3.8) is 0 Å². The summed E-state index contributed by atoms with van der Waals surface area (Å²) in [4.78, 5) is 14.0. The van der Waals surface area contributed by atoms with E-state index in [9.17, 15) is 10.1 Å². The van der Waals surface area contributed by atoms with Crippen molar-refractivity contribution in [2.45, 2.75) is 0 Å². The van der Waals surface area contributed by atoms with Crippen molar-refractivity contribution in [3.8, 4) is 11.8 Å². The molecule has 0 radical (unpaired) electrons. The number of methoxy groups -OCH3 is 1. The standard InChI is InChI=1S/C15H14N2O4/c1-19-10-2-3-13-11(8-10)14(12(9-16)15(18)21-13)17-4-6-20-7-5-17/h2-3,8H,4-7H2,1H3. The molecule has 0 amide bonds. The maximum atomic E-state index is 12.0. The van der Waals surface area contributed by atoms with E-state index in [1.807, 2.05) is 11.0 Å². The Bertz CT molecular complexity index is 770. The van der Waals surface area contributed by atoms with Gasteiger partial charge in [0.2, 0.25) is 0 Å². The van der Waals surface area contributed by atoms with Crippen molar-refractivity contribution in [3.05, 3.63) is 34.2 Å². The number of hydrogen-bond donors (Lipinski definition) is 0. The van der Waals surface area contributed by atoms with Crippen LogP contribution in [0.5, 0.6) is 5.75 Å². The molecule has 1 aromatic heterocycles. The lowest BCUT2D eigenvalue weighted by molar-refractivity contribution is 0.123. The highest BCUT2D eigenvalue weighted by Gasteiger charge is 2.22. The first-order chi connectivity index (χ1) is 10.2. The van der Waals surface area contributed by atoms with Gasteiger partial charge in [0.05, 0.1) is 26.0 Å². The Morgan fingerprint density at radius 1 is 1.33 bits per heavy atom.